The van der Waals surface area contributed by atoms with Crippen LogP contribution in [-0.2, 0) is 0 Å². The number of nitro groups is 1. The second-order valence-electron chi connectivity index (χ2n) is 2.32. The van der Waals surface area contributed by atoms with Gasteiger partial charge in [0.15, 0.2) is 0 Å². The topological polar surface area (TPSA) is 65.3 Å². The highest BCUT2D eigenvalue weighted by atomic mass is 19.3. The van der Waals surface area contributed by atoms with Crippen LogP contribution in [0.4, 0.5) is 14.6 Å². The van der Waals surface area contributed by atoms with Gasteiger partial charge in [0.25, 0.3) is 0 Å². The lowest BCUT2D eigenvalue weighted by atomic mass is 10.3. The van der Waals surface area contributed by atoms with Gasteiger partial charge in [-0.2, -0.15) is 0 Å². The van der Waals surface area contributed by atoms with E-state index in [0.717, 1.165) is 12.1 Å². The fraction of sp³-hybridized carbons (Fsp3) is 0.286. The summed E-state index contributed by atoms with van der Waals surface area (Å²) in [5, 5.41) is 10.4. The number of pyridine rings is 1. The van der Waals surface area contributed by atoms with Crippen LogP contribution in [-0.4, -0.2) is 17.0 Å². The summed E-state index contributed by atoms with van der Waals surface area (Å²) in [4.78, 5) is 12.7. The lowest BCUT2D eigenvalue weighted by molar-refractivity contribution is -0.390. The van der Waals surface area contributed by atoms with E-state index in [4.69, 9.17) is 0 Å². The van der Waals surface area contributed by atoms with E-state index in [9.17, 15) is 18.9 Å². The molecule has 0 aromatic carbocycles. The smallest absolute Gasteiger partial charge is 0.406 e. The number of rotatable bonds is 3. The van der Waals surface area contributed by atoms with E-state index in [-0.39, 0.29) is 5.75 Å². The average Bonchev–Trinajstić information content (AvgIpc) is 2.16. The van der Waals surface area contributed by atoms with Crippen molar-refractivity contribution in [1.82, 2.24) is 4.98 Å². The lowest BCUT2D eigenvalue weighted by Gasteiger charge is -2.01. The first-order valence-corrected chi connectivity index (χ1v) is 3.53. The molecule has 1 aromatic heterocycles. The summed E-state index contributed by atoms with van der Waals surface area (Å²) in [5.74, 6) is -0.843. The predicted octanol–water partition coefficient (Wildman–Crippen LogP) is 1.94. The molecule has 7 heteroatoms. The number of aromatic nitrogens is 1. The zero-order valence-electron chi connectivity index (χ0n) is 7.11. The Morgan fingerprint density at radius 2 is 2.21 bits per heavy atom. The van der Waals surface area contributed by atoms with E-state index >= 15 is 0 Å². The summed E-state index contributed by atoms with van der Waals surface area (Å²) >= 11 is 0. The second kappa shape index (κ2) is 3.95. The zero-order valence-corrected chi connectivity index (χ0v) is 7.11. The summed E-state index contributed by atoms with van der Waals surface area (Å²) in [6, 6.07) is 2.07. The van der Waals surface area contributed by atoms with Crippen molar-refractivity contribution in [2.75, 3.05) is 7.11 Å². The molecule has 0 unspecified atom stereocenters. The maximum absolute atomic E-state index is 12.1. The van der Waals surface area contributed by atoms with Crippen LogP contribution in [0.25, 0.3) is 0 Å². The minimum atomic E-state index is -2.83. The SMILES string of the molecule is COc1ccc(C(F)F)nc1[N+](=O)[O-]. The van der Waals surface area contributed by atoms with Crippen molar-refractivity contribution in [3.8, 4) is 5.75 Å². The molecule has 0 radical (unpaired) electrons. The highest BCUT2D eigenvalue weighted by Gasteiger charge is 2.22. The van der Waals surface area contributed by atoms with E-state index in [1.807, 2.05) is 0 Å². The fourth-order valence-electron chi connectivity index (χ4n) is 0.862. The van der Waals surface area contributed by atoms with Crippen LogP contribution in [0.3, 0.4) is 0 Å². The summed E-state index contributed by atoms with van der Waals surface area (Å²) in [7, 11) is 1.20. The molecular weight excluding hydrogens is 198 g/mol. The Morgan fingerprint density at radius 3 is 2.64 bits per heavy atom. The lowest BCUT2D eigenvalue weighted by Crippen LogP contribution is -2.00. The number of alkyl halides is 2. The first kappa shape index (κ1) is 10.3. The maximum Gasteiger partial charge on any atom is 0.406 e. The molecule has 76 valence electrons. The summed E-state index contributed by atoms with van der Waals surface area (Å²) < 4.78 is 28.8. The molecule has 14 heavy (non-hydrogen) atoms. The van der Waals surface area contributed by atoms with Gasteiger partial charge in [0.2, 0.25) is 11.4 Å². The van der Waals surface area contributed by atoms with Crippen molar-refractivity contribution < 1.29 is 18.4 Å². The quantitative estimate of drug-likeness (QED) is 0.557. The van der Waals surface area contributed by atoms with Crippen molar-refractivity contribution in [2.45, 2.75) is 6.43 Å². The molecule has 1 rings (SSSR count). The van der Waals surface area contributed by atoms with E-state index < -0.39 is 22.9 Å². The molecule has 0 aliphatic carbocycles. The molecule has 5 nitrogen and oxygen atoms in total. The minimum Gasteiger partial charge on any atom is -0.489 e. The molecule has 0 amide bonds. The van der Waals surface area contributed by atoms with Gasteiger partial charge in [0, 0.05) is 0 Å². The Balaban J connectivity index is 3.21. The van der Waals surface area contributed by atoms with Crippen molar-refractivity contribution in [1.29, 1.82) is 0 Å². The Bertz CT molecular complexity index is 357. The van der Waals surface area contributed by atoms with Gasteiger partial charge in [-0.25, -0.2) is 8.78 Å². The largest absolute Gasteiger partial charge is 0.489 e. The number of ether oxygens (including phenoxy) is 1. The van der Waals surface area contributed by atoms with Crippen molar-refractivity contribution in [2.24, 2.45) is 0 Å². The number of nitrogens with zero attached hydrogens (tertiary/aromatic N) is 2. The monoisotopic (exact) mass is 204 g/mol. The van der Waals surface area contributed by atoms with Gasteiger partial charge in [0.05, 0.1) is 7.11 Å². The summed E-state index contributed by atoms with van der Waals surface area (Å²) in [6.07, 6.45) is -2.83. The molecular formula is C7H6F2N2O3. The fourth-order valence-corrected chi connectivity index (χ4v) is 0.862. The van der Waals surface area contributed by atoms with Crippen LogP contribution < -0.4 is 4.74 Å². The predicted molar refractivity (Wildman–Crippen MR) is 42.4 cm³/mol. The Kier molecular flexibility index (Phi) is 2.90. The van der Waals surface area contributed by atoms with Crippen molar-refractivity contribution in [3.05, 3.63) is 27.9 Å². The highest BCUT2D eigenvalue weighted by Crippen LogP contribution is 2.27. The number of hydrogen-bond acceptors (Lipinski definition) is 4. The third-order valence-corrected chi connectivity index (χ3v) is 1.48. The minimum absolute atomic E-state index is 0.139. The van der Waals surface area contributed by atoms with Crippen LogP contribution in [0.15, 0.2) is 12.1 Å². The van der Waals surface area contributed by atoms with Gasteiger partial charge in [-0.15, -0.1) is 0 Å². The van der Waals surface area contributed by atoms with Crippen LogP contribution in [0, 0.1) is 10.1 Å². The third-order valence-electron chi connectivity index (χ3n) is 1.48. The van der Waals surface area contributed by atoms with E-state index in [0.29, 0.717) is 0 Å². The van der Waals surface area contributed by atoms with Crippen LogP contribution in [0.1, 0.15) is 12.1 Å². The van der Waals surface area contributed by atoms with Gasteiger partial charge in [-0.3, -0.25) is 0 Å². The summed E-state index contributed by atoms with van der Waals surface area (Å²) in [5.41, 5.74) is -0.641. The van der Waals surface area contributed by atoms with Crippen LogP contribution in [0.5, 0.6) is 5.75 Å². The van der Waals surface area contributed by atoms with E-state index in [1.54, 1.807) is 0 Å². The van der Waals surface area contributed by atoms with Gasteiger partial charge in [-0.05, 0) is 22.0 Å². The highest BCUT2D eigenvalue weighted by molar-refractivity contribution is 5.40. The molecule has 0 N–H and O–H groups in total. The van der Waals surface area contributed by atoms with Crippen molar-refractivity contribution in [3.63, 3.8) is 0 Å². The molecule has 0 fully saturated rings. The van der Waals surface area contributed by atoms with Crippen LogP contribution >= 0.6 is 0 Å². The van der Waals surface area contributed by atoms with E-state index in [1.165, 1.54) is 7.11 Å². The van der Waals surface area contributed by atoms with Crippen LogP contribution in [0.2, 0.25) is 0 Å². The zero-order chi connectivity index (χ0) is 10.7. The first-order chi connectivity index (χ1) is 6.56. The molecule has 0 atom stereocenters. The van der Waals surface area contributed by atoms with E-state index in [2.05, 4.69) is 9.72 Å². The van der Waals surface area contributed by atoms with Gasteiger partial charge in [0.1, 0.15) is 0 Å². The third kappa shape index (κ3) is 1.93. The molecule has 0 saturated carbocycles. The molecule has 0 spiro atoms. The van der Waals surface area contributed by atoms with Crippen molar-refractivity contribution >= 4 is 5.82 Å². The Morgan fingerprint density at radius 1 is 1.57 bits per heavy atom. The number of halogens is 2. The van der Waals surface area contributed by atoms with Gasteiger partial charge >= 0.3 is 12.2 Å². The maximum atomic E-state index is 12.1. The Hall–Kier alpha value is -1.79. The van der Waals surface area contributed by atoms with Gasteiger partial charge < -0.3 is 14.9 Å². The van der Waals surface area contributed by atoms with Gasteiger partial charge in [-0.1, -0.05) is 0 Å². The number of methoxy groups -OCH3 is 1. The average molecular weight is 204 g/mol. The molecule has 0 saturated heterocycles. The molecule has 0 aliphatic rings. The standard InChI is InChI=1S/C7H6F2N2O3/c1-14-5-3-2-4(6(8)9)10-7(5)11(12)13/h2-3,6H,1H3. The Labute approximate surface area is 77.5 Å². The molecule has 0 bridgehead atoms. The molecule has 1 heterocycles. The normalized spacial score (nSPS) is 10.3. The molecule has 1 aromatic rings. The molecule has 0 aliphatic heterocycles. The first-order valence-electron chi connectivity index (χ1n) is 3.53. The number of hydrogen-bond donors (Lipinski definition) is 0. The summed E-state index contributed by atoms with van der Waals surface area (Å²) in [6.45, 7) is 0. The second-order valence-corrected chi connectivity index (χ2v) is 2.32.